The molecule has 2 rings (SSSR count). The highest BCUT2D eigenvalue weighted by Crippen LogP contribution is 2.14. The Morgan fingerprint density at radius 3 is 2.47 bits per heavy atom. The van der Waals surface area contributed by atoms with Gasteiger partial charge in [0.05, 0.1) is 0 Å². The van der Waals surface area contributed by atoms with Crippen molar-refractivity contribution in [1.82, 2.24) is 0 Å². The molecule has 1 radical (unpaired) electrons. The molecule has 1 unspecified atom stereocenters. The van der Waals surface area contributed by atoms with Crippen LogP contribution in [0, 0.1) is 12.7 Å². The molecule has 1 atom stereocenters. The minimum Gasteiger partial charge on any atom is -0.383 e. The Bertz CT molecular complexity index is 519. The number of benzene rings is 2. The molecule has 0 fully saturated rings. The third kappa shape index (κ3) is 4.09. The maximum absolute atomic E-state index is 13.5. The monoisotopic (exact) mass is 256 g/mol. The average Bonchev–Trinajstić information content (AvgIpc) is 2.40. The van der Waals surface area contributed by atoms with Gasteiger partial charge in [-0.05, 0) is 56.0 Å². The van der Waals surface area contributed by atoms with Gasteiger partial charge in [0, 0.05) is 11.7 Å². The van der Waals surface area contributed by atoms with Crippen molar-refractivity contribution in [1.29, 1.82) is 0 Å². The van der Waals surface area contributed by atoms with Crippen LogP contribution in [-0.4, -0.2) is 6.04 Å². The standard InChI is InChI=1S/C17H19FN/c1-13-7-11-16(12-8-13)19-14(2)9-10-15-5-3-4-6-17(15)18/h3-8,11-12,14,19H,1,9-10H2,2H3. The van der Waals surface area contributed by atoms with Crippen molar-refractivity contribution in [3.8, 4) is 0 Å². The number of rotatable bonds is 5. The SMILES string of the molecule is [CH2]c1ccc(NC(C)CCc2ccccc2F)cc1. The van der Waals surface area contributed by atoms with E-state index < -0.39 is 0 Å². The first kappa shape index (κ1) is 13.6. The minimum atomic E-state index is -0.115. The molecular formula is C17H19FN. The molecular weight excluding hydrogens is 237 g/mol. The fraction of sp³-hybridized carbons (Fsp3) is 0.235. The summed E-state index contributed by atoms with van der Waals surface area (Å²) in [7, 11) is 0. The minimum absolute atomic E-state index is 0.115. The van der Waals surface area contributed by atoms with Crippen LogP contribution in [0.3, 0.4) is 0 Å². The third-order valence-corrected chi connectivity index (χ3v) is 3.17. The molecule has 0 bridgehead atoms. The van der Waals surface area contributed by atoms with E-state index in [0.717, 1.165) is 29.7 Å². The van der Waals surface area contributed by atoms with Crippen molar-refractivity contribution in [3.63, 3.8) is 0 Å². The van der Waals surface area contributed by atoms with Crippen molar-refractivity contribution in [2.45, 2.75) is 25.8 Å². The smallest absolute Gasteiger partial charge is 0.126 e. The zero-order valence-electron chi connectivity index (χ0n) is 11.2. The van der Waals surface area contributed by atoms with Crippen LogP contribution in [0.4, 0.5) is 10.1 Å². The molecule has 0 aromatic heterocycles. The van der Waals surface area contributed by atoms with Gasteiger partial charge in [-0.15, -0.1) is 0 Å². The molecule has 0 aliphatic heterocycles. The third-order valence-electron chi connectivity index (χ3n) is 3.17. The normalized spacial score (nSPS) is 12.2. The van der Waals surface area contributed by atoms with Crippen LogP contribution >= 0.6 is 0 Å². The Morgan fingerprint density at radius 2 is 1.79 bits per heavy atom. The Hall–Kier alpha value is -1.83. The van der Waals surface area contributed by atoms with Crippen LogP contribution in [0.2, 0.25) is 0 Å². The largest absolute Gasteiger partial charge is 0.383 e. The van der Waals surface area contributed by atoms with Crippen molar-refractivity contribution >= 4 is 5.69 Å². The lowest BCUT2D eigenvalue weighted by Crippen LogP contribution is -2.16. The predicted octanol–water partition coefficient (Wildman–Crippen LogP) is 4.44. The maximum atomic E-state index is 13.5. The lowest BCUT2D eigenvalue weighted by molar-refractivity contribution is 0.597. The molecule has 0 aliphatic rings. The lowest BCUT2D eigenvalue weighted by atomic mass is 10.1. The number of halogens is 1. The second kappa shape index (κ2) is 6.37. The molecule has 1 nitrogen and oxygen atoms in total. The molecule has 99 valence electrons. The first-order chi connectivity index (χ1) is 9.15. The van der Waals surface area contributed by atoms with E-state index >= 15 is 0 Å². The highest BCUT2D eigenvalue weighted by molar-refractivity contribution is 5.45. The number of nitrogens with one attached hydrogen (secondary N) is 1. The molecule has 0 amide bonds. The van der Waals surface area contributed by atoms with Crippen LogP contribution in [0.15, 0.2) is 48.5 Å². The van der Waals surface area contributed by atoms with Gasteiger partial charge in [-0.2, -0.15) is 0 Å². The first-order valence-corrected chi connectivity index (χ1v) is 6.57. The molecule has 19 heavy (non-hydrogen) atoms. The van der Waals surface area contributed by atoms with Gasteiger partial charge >= 0.3 is 0 Å². The zero-order chi connectivity index (χ0) is 13.7. The number of anilines is 1. The summed E-state index contributed by atoms with van der Waals surface area (Å²) in [5, 5.41) is 3.41. The molecule has 0 aliphatic carbocycles. The summed E-state index contributed by atoms with van der Waals surface area (Å²) in [5.74, 6) is -0.115. The second-order valence-corrected chi connectivity index (χ2v) is 4.87. The highest BCUT2D eigenvalue weighted by Gasteiger charge is 2.05. The molecule has 0 spiro atoms. The van der Waals surface area contributed by atoms with Crippen molar-refractivity contribution in [3.05, 3.63) is 72.4 Å². The predicted molar refractivity (Wildman–Crippen MR) is 78.7 cm³/mol. The van der Waals surface area contributed by atoms with Gasteiger partial charge in [0.2, 0.25) is 0 Å². The number of aryl methyl sites for hydroxylation is 1. The molecule has 0 saturated carbocycles. The van der Waals surface area contributed by atoms with E-state index in [-0.39, 0.29) is 5.82 Å². The Balaban J connectivity index is 1.86. The van der Waals surface area contributed by atoms with E-state index in [1.807, 2.05) is 36.4 Å². The topological polar surface area (TPSA) is 12.0 Å². The molecule has 0 saturated heterocycles. The number of hydrogen-bond acceptors (Lipinski definition) is 1. The summed E-state index contributed by atoms with van der Waals surface area (Å²) in [6.45, 7) is 5.97. The van der Waals surface area contributed by atoms with E-state index in [2.05, 4.69) is 19.2 Å². The summed E-state index contributed by atoms with van der Waals surface area (Å²) in [4.78, 5) is 0. The summed E-state index contributed by atoms with van der Waals surface area (Å²) in [6.07, 6.45) is 1.64. The Kier molecular flexibility index (Phi) is 4.56. The van der Waals surface area contributed by atoms with Crippen LogP contribution in [-0.2, 0) is 6.42 Å². The number of hydrogen-bond donors (Lipinski definition) is 1. The zero-order valence-corrected chi connectivity index (χ0v) is 11.2. The second-order valence-electron chi connectivity index (χ2n) is 4.87. The molecule has 2 aromatic carbocycles. The Morgan fingerprint density at radius 1 is 1.11 bits per heavy atom. The van der Waals surface area contributed by atoms with Gasteiger partial charge in [0.15, 0.2) is 0 Å². The van der Waals surface area contributed by atoms with Crippen molar-refractivity contribution in [2.75, 3.05) is 5.32 Å². The van der Waals surface area contributed by atoms with Crippen LogP contribution in [0.1, 0.15) is 24.5 Å². The molecule has 2 heteroatoms. The molecule has 0 heterocycles. The van der Waals surface area contributed by atoms with Crippen LogP contribution in [0.25, 0.3) is 0 Å². The van der Waals surface area contributed by atoms with Gasteiger partial charge < -0.3 is 5.32 Å². The average molecular weight is 256 g/mol. The summed E-state index contributed by atoms with van der Waals surface area (Å²) in [5.41, 5.74) is 2.86. The van der Waals surface area contributed by atoms with E-state index in [1.165, 1.54) is 6.07 Å². The fourth-order valence-electron chi connectivity index (χ4n) is 2.03. The van der Waals surface area contributed by atoms with Gasteiger partial charge in [-0.3, -0.25) is 0 Å². The van der Waals surface area contributed by atoms with Crippen LogP contribution < -0.4 is 5.32 Å². The van der Waals surface area contributed by atoms with Gasteiger partial charge in [-0.25, -0.2) is 4.39 Å². The van der Waals surface area contributed by atoms with Crippen molar-refractivity contribution in [2.24, 2.45) is 0 Å². The Labute approximate surface area is 114 Å². The van der Waals surface area contributed by atoms with Crippen molar-refractivity contribution < 1.29 is 4.39 Å². The lowest BCUT2D eigenvalue weighted by Gasteiger charge is -2.15. The fourth-order valence-corrected chi connectivity index (χ4v) is 2.03. The summed E-state index contributed by atoms with van der Waals surface area (Å²) in [6, 6.07) is 15.3. The quantitative estimate of drug-likeness (QED) is 0.833. The van der Waals surface area contributed by atoms with E-state index in [4.69, 9.17) is 0 Å². The van der Waals surface area contributed by atoms with Gasteiger partial charge in [0.1, 0.15) is 5.82 Å². The first-order valence-electron chi connectivity index (χ1n) is 6.57. The van der Waals surface area contributed by atoms with E-state index in [0.29, 0.717) is 6.04 Å². The molecule has 1 N–H and O–H groups in total. The molecule has 2 aromatic rings. The highest BCUT2D eigenvalue weighted by atomic mass is 19.1. The van der Waals surface area contributed by atoms with Crippen LogP contribution in [0.5, 0.6) is 0 Å². The van der Waals surface area contributed by atoms with E-state index in [9.17, 15) is 4.39 Å². The van der Waals surface area contributed by atoms with Gasteiger partial charge in [0.25, 0.3) is 0 Å². The van der Waals surface area contributed by atoms with E-state index in [1.54, 1.807) is 6.07 Å². The summed E-state index contributed by atoms with van der Waals surface area (Å²) >= 11 is 0. The van der Waals surface area contributed by atoms with Gasteiger partial charge in [-0.1, -0.05) is 30.3 Å². The maximum Gasteiger partial charge on any atom is 0.126 e. The summed E-state index contributed by atoms with van der Waals surface area (Å²) < 4.78 is 13.5.